The number of nitrogens with one attached hydrogen (secondary N) is 1. The summed E-state index contributed by atoms with van der Waals surface area (Å²) < 4.78 is 36.4. The van der Waals surface area contributed by atoms with Crippen molar-refractivity contribution in [2.45, 2.75) is 20.5 Å². The fourth-order valence-electron chi connectivity index (χ4n) is 2.31. The third kappa shape index (κ3) is 11.7. The van der Waals surface area contributed by atoms with E-state index in [4.69, 9.17) is 28.9 Å². The van der Waals surface area contributed by atoms with Crippen LogP contribution in [0, 0.1) is 17.8 Å². The highest BCUT2D eigenvalue weighted by Gasteiger charge is 1.97. The van der Waals surface area contributed by atoms with Crippen LogP contribution in [-0.2, 0) is 13.1 Å². The van der Waals surface area contributed by atoms with Gasteiger partial charge in [-0.15, -0.1) is 0 Å². The summed E-state index contributed by atoms with van der Waals surface area (Å²) >= 11 is 11.4. The zero-order valence-electron chi connectivity index (χ0n) is 17.4. The Morgan fingerprint density at radius 3 is 1.50 bits per heavy atom. The largest absolute Gasteiger partial charge is 0.366 e. The minimum atomic E-state index is -0.787. The Balaban J connectivity index is 0.000000274. The number of pyridine rings is 2. The molecule has 0 saturated carbocycles. The van der Waals surface area contributed by atoms with Gasteiger partial charge in [0.1, 0.15) is 5.82 Å². The third-order valence-corrected chi connectivity index (χ3v) is 4.44. The highest BCUT2D eigenvalue weighted by Crippen LogP contribution is 2.11. The van der Waals surface area contributed by atoms with Gasteiger partial charge in [-0.1, -0.05) is 67.0 Å². The van der Waals surface area contributed by atoms with Crippen molar-refractivity contribution in [3.05, 3.63) is 124 Å². The smallest absolute Gasteiger partial charge is 0.215 e. The van der Waals surface area contributed by atoms with Crippen LogP contribution in [0.4, 0.5) is 19.0 Å². The molecule has 4 rings (SSSR count). The maximum atomic E-state index is 12.8. The first-order valence-corrected chi connectivity index (χ1v) is 10.4. The quantitative estimate of drug-likeness (QED) is 0.284. The Kier molecular flexibility index (Phi) is 13.3. The molecule has 3 N–H and O–H groups in total. The predicted molar refractivity (Wildman–Crippen MR) is 133 cm³/mol. The molecule has 2 heterocycles. The summed E-state index contributed by atoms with van der Waals surface area (Å²) in [5, 5.41) is 4.49. The molecule has 4 nitrogen and oxygen atoms in total. The van der Waals surface area contributed by atoms with Gasteiger partial charge in [-0.25, -0.2) is 4.98 Å². The molecule has 0 fully saturated rings. The van der Waals surface area contributed by atoms with Crippen LogP contribution in [0.15, 0.2) is 84.9 Å². The molecule has 0 atom stereocenters. The predicted octanol–water partition coefficient (Wildman–Crippen LogP) is 7.28. The van der Waals surface area contributed by atoms with Crippen LogP contribution in [0.1, 0.15) is 18.6 Å². The molecule has 0 aliphatic rings. The standard InChI is InChI=1S/C12H10ClFN2.C7H8ClN.C5H3F2N.CH4/c13-10-6-4-9(5-7-10)8-15-12-3-1-2-11(14)16-12;8-7-3-1-6(5-9)2-4-7;6-4-2-1-3-5(7)8-4;/h1-7H,8H2,(H,15,16);1-4H,5,9H2;1-3H;1H4. The normalized spacial score (nSPS) is 9.47. The fourth-order valence-corrected chi connectivity index (χ4v) is 2.56. The number of hydrogen-bond donors (Lipinski definition) is 2. The Morgan fingerprint density at radius 1 is 0.647 bits per heavy atom. The first-order chi connectivity index (χ1) is 15.9. The van der Waals surface area contributed by atoms with Crippen LogP contribution >= 0.6 is 23.2 Å². The minimum Gasteiger partial charge on any atom is -0.366 e. The highest BCUT2D eigenvalue weighted by atomic mass is 35.5. The topological polar surface area (TPSA) is 63.8 Å². The summed E-state index contributed by atoms with van der Waals surface area (Å²) in [6.45, 7) is 1.17. The van der Waals surface area contributed by atoms with Gasteiger partial charge in [-0.3, -0.25) is 0 Å². The number of benzene rings is 2. The lowest BCUT2D eigenvalue weighted by Crippen LogP contribution is -2.01. The summed E-state index contributed by atoms with van der Waals surface area (Å²) in [4.78, 5) is 6.54. The lowest BCUT2D eigenvalue weighted by Gasteiger charge is -2.05. The van der Waals surface area contributed by atoms with Crippen LogP contribution in [0.25, 0.3) is 0 Å². The zero-order valence-corrected chi connectivity index (χ0v) is 18.9. The second kappa shape index (κ2) is 15.7. The molecule has 0 saturated heterocycles. The SMILES string of the molecule is C.Fc1cccc(F)n1.Fc1cccc(NCc2ccc(Cl)cc2)n1.NCc1ccc(Cl)cc1. The van der Waals surface area contributed by atoms with Crippen LogP contribution in [0.3, 0.4) is 0 Å². The lowest BCUT2D eigenvalue weighted by molar-refractivity contribution is 0.513. The number of anilines is 1. The van der Waals surface area contributed by atoms with E-state index in [1.165, 1.54) is 12.1 Å². The van der Waals surface area contributed by atoms with Crippen molar-refractivity contribution in [3.8, 4) is 0 Å². The molecule has 4 aromatic rings. The van der Waals surface area contributed by atoms with Gasteiger partial charge < -0.3 is 11.1 Å². The van der Waals surface area contributed by atoms with Gasteiger partial charge in [0, 0.05) is 23.1 Å². The van der Waals surface area contributed by atoms with E-state index in [-0.39, 0.29) is 7.43 Å². The van der Waals surface area contributed by atoms with Crippen molar-refractivity contribution in [1.82, 2.24) is 9.97 Å². The van der Waals surface area contributed by atoms with Gasteiger partial charge >= 0.3 is 0 Å². The van der Waals surface area contributed by atoms with Crippen molar-refractivity contribution in [2.75, 3.05) is 5.32 Å². The van der Waals surface area contributed by atoms with E-state index in [1.807, 2.05) is 48.5 Å². The van der Waals surface area contributed by atoms with Crippen molar-refractivity contribution >= 4 is 29.0 Å². The van der Waals surface area contributed by atoms with E-state index in [9.17, 15) is 13.2 Å². The number of hydrogen-bond acceptors (Lipinski definition) is 4. The monoisotopic (exact) mass is 508 g/mol. The molecule has 0 amide bonds. The Hall–Kier alpha value is -3.13. The molecule has 0 aliphatic carbocycles. The highest BCUT2D eigenvalue weighted by molar-refractivity contribution is 6.30. The molecule has 9 heteroatoms. The fraction of sp³-hybridized carbons (Fsp3) is 0.120. The van der Waals surface area contributed by atoms with Gasteiger partial charge in [0.05, 0.1) is 0 Å². The zero-order chi connectivity index (χ0) is 24.1. The second-order valence-electron chi connectivity index (χ2n) is 6.44. The van der Waals surface area contributed by atoms with E-state index >= 15 is 0 Å². The van der Waals surface area contributed by atoms with E-state index < -0.39 is 17.8 Å². The average Bonchev–Trinajstić information content (AvgIpc) is 2.80. The summed E-state index contributed by atoms with van der Waals surface area (Å²) in [5.41, 5.74) is 7.53. The number of nitrogens with zero attached hydrogens (tertiary/aromatic N) is 2. The number of rotatable bonds is 4. The number of halogens is 5. The van der Waals surface area contributed by atoms with E-state index in [1.54, 1.807) is 12.1 Å². The maximum Gasteiger partial charge on any atom is 0.215 e. The van der Waals surface area contributed by atoms with Crippen molar-refractivity contribution in [3.63, 3.8) is 0 Å². The summed E-state index contributed by atoms with van der Waals surface area (Å²) in [5.74, 6) is -1.54. The number of aromatic nitrogens is 2. The summed E-state index contributed by atoms with van der Waals surface area (Å²) in [6.07, 6.45) is 0. The van der Waals surface area contributed by atoms with Crippen LogP contribution in [0.5, 0.6) is 0 Å². The molecule has 0 radical (unpaired) electrons. The van der Waals surface area contributed by atoms with Gasteiger partial charge in [0.25, 0.3) is 0 Å². The van der Waals surface area contributed by atoms with Crippen molar-refractivity contribution in [1.29, 1.82) is 0 Å². The van der Waals surface area contributed by atoms with Gasteiger partial charge in [0.15, 0.2) is 0 Å². The molecule has 2 aromatic heterocycles. The second-order valence-corrected chi connectivity index (χ2v) is 7.31. The first-order valence-electron chi connectivity index (χ1n) is 9.69. The Bertz CT molecular complexity index is 1090. The molecular formula is C25H25Cl2F3N4. The van der Waals surface area contributed by atoms with Gasteiger partial charge in [0.2, 0.25) is 17.8 Å². The molecule has 2 aromatic carbocycles. The summed E-state index contributed by atoms with van der Waals surface area (Å²) in [7, 11) is 0. The molecule has 0 spiro atoms. The molecular weight excluding hydrogens is 484 g/mol. The van der Waals surface area contributed by atoms with Crippen LogP contribution < -0.4 is 11.1 Å². The Labute approximate surface area is 207 Å². The van der Waals surface area contributed by atoms with Gasteiger partial charge in [-0.05, 0) is 59.7 Å². The maximum absolute atomic E-state index is 12.8. The van der Waals surface area contributed by atoms with Gasteiger partial charge in [-0.2, -0.15) is 18.2 Å². The Morgan fingerprint density at radius 2 is 1.09 bits per heavy atom. The third-order valence-electron chi connectivity index (χ3n) is 3.93. The van der Waals surface area contributed by atoms with Crippen LogP contribution in [0.2, 0.25) is 10.0 Å². The molecule has 0 aliphatic heterocycles. The first kappa shape index (κ1) is 28.9. The number of nitrogens with two attached hydrogens (primary N) is 1. The summed E-state index contributed by atoms with van der Waals surface area (Å²) in [6, 6.07) is 23.1. The minimum absolute atomic E-state index is 0. The van der Waals surface area contributed by atoms with Crippen molar-refractivity contribution in [2.24, 2.45) is 5.73 Å². The van der Waals surface area contributed by atoms with Crippen molar-refractivity contribution < 1.29 is 13.2 Å². The molecule has 180 valence electrons. The lowest BCUT2D eigenvalue weighted by atomic mass is 10.2. The van der Waals surface area contributed by atoms with E-state index in [0.717, 1.165) is 28.3 Å². The van der Waals surface area contributed by atoms with Crippen LogP contribution in [-0.4, -0.2) is 9.97 Å². The van der Waals surface area contributed by atoms with E-state index in [0.29, 0.717) is 23.9 Å². The molecule has 0 bridgehead atoms. The molecule has 0 unspecified atom stereocenters. The van der Waals surface area contributed by atoms with E-state index in [2.05, 4.69) is 15.3 Å². The average molecular weight is 509 g/mol. The molecule has 34 heavy (non-hydrogen) atoms.